The Bertz CT molecular complexity index is 631. The molecule has 0 atom stereocenters. The van der Waals surface area contributed by atoms with Gasteiger partial charge in [0.15, 0.2) is 0 Å². The summed E-state index contributed by atoms with van der Waals surface area (Å²) in [7, 11) is 0. The Kier molecular flexibility index (Phi) is 4.52. The van der Waals surface area contributed by atoms with Crippen LogP contribution in [0.3, 0.4) is 0 Å². The van der Waals surface area contributed by atoms with Crippen LogP contribution in [0.25, 0.3) is 0 Å². The van der Waals surface area contributed by atoms with E-state index in [1.165, 1.54) is 11.1 Å². The van der Waals surface area contributed by atoms with Gasteiger partial charge in [-0.2, -0.15) is 0 Å². The molecule has 110 valence electrons. The molecule has 0 bridgehead atoms. The van der Waals surface area contributed by atoms with E-state index in [0.29, 0.717) is 0 Å². The fourth-order valence-electron chi connectivity index (χ4n) is 2.15. The molecule has 21 heavy (non-hydrogen) atoms. The number of rotatable bonds is 5. The number of carbonyl (C=O) groups is 3. The number of amides is 2. The maximum atomic E-state index is 11.7. The number of aryl methyl sites for hydroxylation is 2. The van der Waals surface area contributed by atoms with E-state index in [4.69, 9.17) is 4.74 Å². The second kappa shape index (κ2) is 6.35. The normalized spacial score (nSPS) is 13.9. The Labute approximate surface area is 123 Å². The molecule has 5 nitrogen and oxygen atoms in total. The number of ether oxygens (including phenoxy) is 1. The zero-order chi connectivity index (χ0) is 15.4. The smallest absolute Gasteiger partial charge is 0.310 e. The van der Waals surface area contributed by atoms with Gasteiger partial charge in [0.1, 0.15) is 6.61 Å². The largest absolute Gasteiger partial charge is 0.461 e. The van der Waals surface area contributed by atoms with Crippen molar-refractivity contribution in [1.82, 2.24) is 5.32 Å². The van der Waals surface area contributed by atoms with Gasteiger partial charge >= 0.3 is 5.97 Å². The van der Waals surface area contributed by atoms with E-state index in [9.17, 15) is 14.4 Å². The first-order valence-electron chi connectivity index (χ1n) is 6.79. The van der Waals surface area contributed by atoms with Crippen LogP contribution >= 0.6 is 0 Å². The van der Waals surface area contributed by atoms with Crippen LogP contribution in [0.4, 0.5) is 0 Å². The van der Waals surface area contributed by atoms with E-state index < -0.39 is 17.8 Å². The highest BCUT2D eigenvalue weighted by Crippen LogP contribution is 2.14. The summed E-state index contributed by atoms with van der Waals surface area (Å²) in [6.45, 7) is 4.27. The number of hydrogen-bond donors (Lipinski definition) is 1. The first-order chi connectivity index (χ1) is 9.99. The fraction of sp³-hybridized carbons (Fsp3) is 0.312. The van der Waals surface area contributed by atoms with Gasteiger partial charge in [-0.05, 0) is 30.0 Å². The lowest BCUT2D eigenvalue weighted by Crippen LogP contribution is -2.23. The summed E-state index contributed by atoms with van der Waals surface area (Å²) in [6.07, 6.45) is 1.86. The predicted molar refractivity (Wildman–Crippen MR) is 76.2 cm³/mol. The second-order valence-electron chi connectivity index (χ2n) is 4.94. The summed E-state index contributed by atoms with van der Waals surface area (Å²) >= 11 is 0. The van der Waals surface area contributed by atoms with Crippen LogP contribution in [0.1, 0.15) is 30.0 Å². The average Bonchev–Trinajstić information content (AvgIpc) is 2.76. The minimum Gasteiger partial charge on any atom is -0.461 e. The molecule has 1 heterocycles. The minimum atomic E-state index is -0.527. The van der Waals surface area contributed by atoms with Crippen molar-refractivity contribution in [2.45, 2.75) is 33.3 Å². The third kappa shape index (κ3) is 3.78. The quantitative estimate of drug-likeness (QED) is 0.659. The monoisotopic (exact) mass is 287 g/mol. The molecule has 1 aliphatic rings. The van der Waals surface area contributed by atoms with E-state index in [2.05, 4.69) is 12.2 Å². The number of nitrogens with one attached hydrogen (secondary N) is 1. The number of imide groups is 1. The molecule has 0 saturated heterocycles. The molecule has 1 N–H and O–H groups in total. The van der Waals surface area contributed by atoms with E-state index >= 15 is 0 Å². The van der Waals surface area contributed by atoms with Gasteiger partial charge in [0, 0.05) is 11.6 Å². The third-order valence-corrected chi connectivity index (χ3v) is 3.36. The summed E-state index contributed by atoms with van der Waals surface area (Å²) in [5.74, 6) is -1.54. The molecule has 5 heteroatoms. The number of carbonyl (C=O) groups excluding carboxylic acids is 3. The summed E-state index contributed by atoms with van der Waals surface area (Å²) in [5.41, 5.74) is 3.47. The van der Waals surface area contributed by atoms with Gasteiger partial charge in [-0.1, -0.05) is 25.1 Å². The van der Waals surface area contributed by atoms with Crippen molar-refractivity contribution in [1.29, 1.82) is 0 Å². The second-order valence-corrected chi connectivity index (χ2v) is 4.94. The van der Waals surface area contributed by atoms with E-state index in [-0.39, 0.29) is 18.6 Å². The van der Waals surface area contributed by atoms with Gasteiger partial charge < -0.3 is 4.74 Å². The van der Waals surface area contributed by atoms with Gasteiger partial charge in [-0.15, -0.1) is 0 Å². The Morgan fingerprint density at radius 2 is 2.05 bits per heavy atom. The first-order valence-corrected chi connectivity index (χ1v) is 6.79. The average molecular weight is 287 g/mol. The van der Waals surface area contributed by atoms with Crippen LogP contribution in [0.2, 0.25) is 0 Å². The van der Waals surface area contributed by atoms with Crippen molar-refractivity contribution >= 4 is 17.8 Å². The highest BCUT2D eigenvalue weighted by molar-refractivity contribution is 6.17. The van der Waals surface area contributed by atoms with Crippen molar-refractivity contribution in [3.8, 4) is 0 Å². The molecule has 0 aliphatic carbocycles. The van der Waals surface area contributed by atoms with Crippen molar-refractivity contribution < 1.29 is 19.1 Å². The van der Waals surface area contributed by atoms with Crippen LogP contribution < -0.4 is 5.32 Å². The highest BCUT2D eigenvalue weighted by Gasteiger charge is 2.23. The lowest BCUT2D eigenvalue weighted by molar-refractivity contribution is -0.144. The zero-order valence-corrected chi connectivity index (χ0v) is 12.1. The zero-order valence-electron chi connectivity index (χ0n) is 12.1. The van der Waals surface area contributed by atoms with Gasteiger partial charge in [-0.25, -0.2) is 0 Å². The van der Waals surface area contributed by atoms with E-state index in [1.807, 2.05) is 25.1 Å². The van der Waals surface area contributed by atoms with Crippen molar-refractivity contribution in [3.05, 3.63) is 46.5 Å². The van der Waals surface area contributed by atoms with Crippen LogP contribution in [0, 0.1) is 6.92 Å². The highest BCUT2D eigenvalue weighted by atomic mass is 16.5. The molecular weight excluding hydrogens is 270 g/mol. The maximum absolute atomic E-state index is 11.7. The maximum Gasteiger partial charge on any atom is 0.310 e. The summed E-state index contributed by atoms with van der Waals surface area (Å²) in [6, 6.07) is 5.91. The van der Waals surface area contributed by atoms with Gasteiger partial charge in [0.2, 0.25) is 0 Å². The Morgan fingerprint density at radius 3 is 2.67 bits per heavy atom. The summed E-state index contributed by atoms with van der Waals surface area (Å²) in [4.78, 5) is 34.0. The van der Waals surface area contributed by atoms with E-state index in [0.717, 1.165) is 18.1 Å². The molecule has 2 amide bonds. The van der Waals surface area contributed by atoms with Gasteiger partial charge in [-0.3, -0.25) is 19.7 Å². The van der Waals surface area contributed by atoms with Crippen LogP contribution in [0.15, 0.2) is 29.8 Å². The molecule has 2 rings (SSSR count). The Morgan fingerprint density at radius 1 is 1.29 bits per heavy atom. The van der Waals surface area contributed by atoms with Crippen molar-refractivity contribution in [2.24, 2.45) is 0 Å². The molecule has 0 spiro atoms. The number of esters is 1. The van der Waals surface area contributed by atoms with E-state index in [1.54, 1.807) is 0 Å². The van der Waals surface area contributed by atoms with Crippen LogP contribution in [0.5, 0.6) is 0 Å². The Hall–Kier alpha value is -2.43. The Balaban J connectivity index is 1.91. The lowest BCUT2D eigenvalue weighted by atomic mass is 10.0. The molecular formula is C16H17NO4. The molecule has 1 aliphatic heterocycles. The summed E-state index contributed by atoms with van der Waals surface area (Å²) < 4.78 is 5.14. The first kappa shape index (κ1) is 15.0. The fourth-order valence-corrected chi connectivity index (χ4v) is 2.15. The van der Waals surface area contributed by atoms with Gasteiger partial charge in [0.05, 0.1) is 6.42 Å². The molecule has 0 unspecified atom stereocenters. The predicted octanol–water partition coefficient (Wildman–Crippen LogP) is 1.57. The number of benzene rings is 1. The molecule has 0 saturated carbocycles. The molecule has 0 fully saturated rings. The molecule has 1 aromatic carbocycles. The molecule has 0 aromatic heterocycles. The third-order valence-electron chi connectivity index (χ3n) is 3.36. The molecule has 1 aromatic rings. The number of hydrogen-bond acceptors (Lipinski definition) is 4. The van der Waals surface area contributed by atoms with Gasteiger partial charge in [0.25, 0.3) is 11.8 Å². The van der Waals surface area contributed by atoms with Crippen LogP contribution in [-0.4, -0.2) is 17.8 Å². The summed E-state index contributed by atoms with van der Waals surface area (Å²) in [5, 5.41) is 2.09. The van der Waals surface area contributed by atoms with Crippen molar-refractivity contribution in [3.63, 3.8) is 0 Å². The SMILES string of the molecule is CCc1cc(COC(=O)CC2=CC(=O)NC2=O)ccc1C. The van der Waals surface area contributed by atoms with Crippen LogP contribution in [-0.2, 0) is 32.1 Å². The lowest BCUT2D eigenvalue weighted by Gasteiger charge is -2.08. The molecule has 0 radical (unpaired) electrons. The topological polar surface area (TPSA) is 72.5 Å². The standard InChI is InChI=1S/C16H17NO4/c1-3-12-6-11(5-4-10(12)2)9-21-15(19)8-13-7-14(18)17-16(13)20/h4-7H,3,8-9H2,1-2H3,(H,17,18,20). The minimum absolute atomic E-state index is 0.142. The van der Waals surface area contributed by atoms with Crippen molar-refractivity contribution in [2.75, 3.05) is 0 Å².